The van der Waals surface area contributed by atoms with E-state index in [-0.39, 0.29) is 17.6 Å². The van der Waals surface area contributed by atoms with Crippen molar-refractivity contribution < 1.29 is 19.1 Å². The van der Waals surface area contributed by atoms with E-state index < -0.39 is 12.1 Å². The van der Waals surface area contributed by atoms with Crippen molar-refractivity contribution in [1.82, 2.24) is 5.32 Å². The van der Waals surface area contributed by atoms with E-state index in [0.717, 1.165) is 0 Å². The first-order valence-corrected chi connectivity index (χ1v) is 6.30. The van der Waals surface area contributed by atoms with Gasteiger partial charge in [0.15, 0.2) is 6.10 Å². The van der Waals surface area contributed by atoms with Crippen LogP contribution in [0.4, 0.5) is 5.69 Å². The van der Waals surface area contributed by atoms with Gasteiger partial charge in [-0.15, -0.1) is 0 Å². The van der Waals surface area contributed by atoms with E-state index in [0.29, 0.717) is 11.3 Å². The van der Waals surface area contributed by atoms with Gasteiger partial charge in [0.05, 0.1) is 18.4 Å². The molecule has 0 aliphatic heterocycles. The minimum absolute atomic E-state index is 0.0348. The summed E-state index contributed by atoms with van der Waals surface area (Å²) in [5.74, 6) is -0.352. The van der Waals surface area contributed by atoms with Crippen molar-refractivity contribution in [2.45, 2.75) is 32.9 Å². The van der Waals surface area contributed by atoms with Crippen molar-refractivity contribution in [2.24, 2.45) is 0 Å². The number of hydrogen-bond donors (Lipinski definition) is 2. The minimum atomic E-state index is -0.677. The Kier molecular flexibility index (Phi) is 5.37. The largest absolute Gasteiger partial charge is 0.479 e. The summed E-state index contributed by atoms with van der Waals surface area (Å²) in [6.45, 7) is 5.36. The molecule has 0 spiro atoms. The Labute approximate surface area is 118 Å². The third-order valence-electron chi connectivity index (χ3n) is 2.53. The molecule has 0 fully saturated rings. The van der Waals surface area contributed by atoms with Crippen molar-refractivity contribution in [3.8, 4) is 5.75 Å². The molecule has 3 N–H and O–H groups in total. The number of anilines is 1. The molecule has 0 radical (unpaired) electrons. The Hall–Kier alpha value is -2.24. The quantitative estimate of drug-likeness (QED) is 0.627. The molecule has 1 rings (SSSR count). The molecule has 1 atom stereocenters. The van der Waals surface area contributed by atoms with Crippen LogP contribution in [0.2, 0.25) is 0 Å². The number of hydrogen-bond acceptors (Lipinski definition) is 5. The molecule has 20 heavy (non-hydrogen) atoms. The van der Waals surface area contributed by atoms with Gasteiger partial charge >= 0.3 is 5.97 Å². The van der Waals surface area contributed by atoms with Gasteiger partial charge in [0.2, 0.25) is 0 Å². The van der Waals surface area contributed by atoms with E-state index in [1.807, 2.05) is 13.8 Å². The number of rotatable bonds is 5. The molecule has 1 aromatic carbocycles. The number of methoxy groups -OCH3 is 1. The van der Waals surface area contributed by atoms with E-state index in [9.17, 15) is 9.59 Å². The topological polar surface area (TPSA) is 90.6 Å². The lowest BCUT2D eigenvalue weighted by Gasteiger charge is -2.17. The van der Waals surface area contributed by atoms with Crippen molar-refractivity contribution in [3.05, 3.63) is 23.8 Å². The van der Waals surface area contributed by atoms with Crippen molar-refractivity contribution in [2.75, 3.05) is 12.8 Å². The van der Waals surface area contributed by atoms with Crippen LogP contribution in [-0.4, -0.2) is 31.1 Å². The average molecular weight is 280 g/mol. The molecule has 0 aliphatic carbocycles. The van der Waals surface area contributed by atoms with E-state index in [1.54, 1.807) is 13.0 Å². The summed E-state index contributed by atoms with van der Waals surface area (Å²) in [4.78, 5) is 23.1. The molecule has 0 aliphatic rings. The fraction of sp³-hybridized carbons (Fsp3) is 0.429. The molecule has 110 valence electrons. The maximum absolute atomic E-state index is 11.7. The van der Waals surface area contributed by atoms with Crippen LogP contribution in [0.5, 0.6) is 5.75 Å². The summed E-state index contributed by atoms with van der Waals surface area (Å²) in [5, 5.41) is 2.74. The van der Waals surface area contributed by atoms with Crippen LogP contribution in [0.15, 0.2) is 18.2 Å². The molecule has 1 unspecified atom stereocenters. The molecule has 1 aromatic rings. The number of nitrogens with one attached hydrogen (secondary N) is 1. The van der Waals surface area contributed by atoms with Gasteiger partial charge < -0.3 is 20.5 Å². The van der Waals surface area contributed by atoms with Gasteiger partial charge in [0, 0.05) is 6.04 Å². The summed E-state index contributed by atoms with van der Waals surface area (Å²) < 4.78 is 10.1. The Bertz CT molecular complexity index is 500. The highest BCUT2D eigenvalue weighted by molar-refractivity contribution is 5.91. The van der Waals surface area contributed by atoms with Crippen LogP contribution in [0, 0.1) is 0 Å². The molecular weight excluding hydrogens is 260 g/mol. The molecule has 0 heterocycles. The van der Waals surface area contributed by atoms with E-state index in [1.165, 1.54) is 19.2 Å². The normalized spacial score (nSPS) is 11.8. The standard InChI is InChI=1S/C14H20N2O4/c1-8(2)16-13(17)9(3)20-12-6-5-10(7-11(12)15)14(18)19-4/h5-9H,15H2,1-4H3,(H,16,17). The fourth-order valence-corrected chi connectivity index (χ4v) is 1.55. The van der Waals surface area contributed by atoms with Crippen LogP contribution in [0.3, 0.4) is 0 Å². The number of amides is 1. The van der Waals surface area contributed by atoms with E-state index in [2.05, 4.69) is 10.1 Å². The van der Waals surface area contributed by atoms with Crippen molar-refractivity contribution in [1.29, 1.82) is 0 Å². The van der Waals surface area contributed by atoms with E-state index >= 15 is 0 Å². The van der Waals surface area contributed by atoms with Crippen molar-refractivity contribution >= 4 is 17.6 Å². The summed E-state index contributed by atoms with van der Waals surface area (Å²) >= 11 is 0. The van der Waals surface area contributed by atoms with Crippen LogP contribution in [0.1, 0.15) is 31.1 Å². The zero-order chi connectivity index (χ0) is 15.3. The molecule has 0 saturated heterocycles. The SMILES string of the molecule is COC(=O)c1ccc(OC(C)C(=O)NC(C)C)c(N)c1. The second kappa shape index (κ2) is 6.79. The van der Waals surface area contributed by atoms with Crippen LogP contribution < -0.4 is 15.8 Å². The Morgan fingerprint density at radius 3 is 2.40 bits per heavy atom. The second-order valence-electron chi connectivity index (χ2n) is 4.67. The third kappa shape index (κ3) is 4.15. The number of benzene rings is 1. The molecular formula is C14H20N2O4. The van der Waals surface area contributed by atoms with E-state index in [4.69, 9.17) is 10.5 Å². The molecule has 6 nitrogen and oxygen atoms in total. The number of nitrogen functional groups attached to an aromatic ring is 1. The van der Waals surface area contributed by atoms with Gasteiger partial charge in [-0.2, -0.15) is 0 Å². The van der Waals surface area contributed by atoms with Crippen LogP contribution in [0.25, 0.3) is 0 Å². The first-order valence-electron chi connectivity index (χ1n) is 6.30. The zero-order valence-corrected chi connectivity index (χ0v) is 12.1. The molecule has 0 saturated carbocycles. The first-order chi connectivity index (χ1) is 9.35. The second-order valence-corrected chi connectivity index (χ2v) is 4.67. The maximum Gasteiger partial charge on any atom is 0.337 e. The predicted molar refractivity (Wildman–Crippen MR) is 75.6 cm³/mol. The van der Waals surface area contributed by atoms with Crippen molar-refractivity contribution in [3.63, 3.8) is 0 Å². The molecule has 0 aromatic heterocycles. The summed E-state index contributed by atoms with van der Waals surface area (Å²) in [5.41, 5.74) is 6.40. The minimum Gasteiger partial charge on any atom is -0.479 e. The number of ether oxygens (including phenoxy) is 2. The fourth-order valence-electron chi connectivity index (χ4n) is 1.55. The molecule has 6 heteroatoms. The van der Waals surface area contributed by atoms with Crippen LogP contribution >= 0.6 is 0 Å². The molecule has 1 amide bonds. The van der Waals surface area contributed by atoms with Crippen LogP contribution in [-0.2, 0) is 9.53 Å². The first kappa shape index (κ1) is 15.8. The highest BCUT2D eigenvalue weighted by Crippen LogP contribution is 2.24. The summed E-state index contributed by atoms with van der Waals surface area (Å²) in [6, 6.07) is 4.56. The zero-order valence-electron chi connectivity index (χ0n) is 12.1. The highest BCUT2D eigenvalue weighted by Gasteiger charge is 2.17. The van der Waals surface area contributed by atoms with Gasteiger partial charge in [0.1, 0.15) is 5.75 Å². The number of carbonyl (C=O) groups is 2. The Morgan fingerprint density at radius 2 is 1.90 bits per heavy atom. The summed E-state index contributed by atoms with van der Waals surface area (Å²) in [6.07, 6.45) is -0.677. The monoisotopic (exact) mass is 280 g/mol. The molecule has 0 bridgehead atoms. The van der Waals surface area contributed by atoms with Gasteiger partial charge in [-0.05, 0) is 39.0 Å². The highest BCUT2D eigenvalue weighted by atomic mass is 16.5. The number of esters is 1. The Balaban J connectivity index is 2.78. The lowest BCUT2D eigenvalue weighted by molar-refractivity contribution is -0.127. The lowest BCUT2D eigenvalue weighted by atomic mass is 10.2. The smallest absolute Gasteiger partial charge is 0.337 e. The third-order valence-corrected chi connectivity index (χ3v) is 2.53. The number of nitrogens with two attached hydrogens (primary N) is 1. The average Bonchev–Trinajstić information content (AvgIpc) is 2.39. The van der Waals surface area contributed by atoms with Gasteiger partial charge in [-0.25, -0.2) is 4.79 Å². The van der Waals surface area contributed by atoms with Gasteiger partial charge in [0.25, 0.3) is 5.91 Å². The summed E-state index contributed by atoms with van der Waals surface area (Å²) in [7, 11) is 1.29. The predicted octanol–water partition coefficient (Wildman–Crippen LogP) is 1.35. The van der Waals surface area contributed by atoms with Gasteiger partial charge in [-0.3, -0.25) is 4.79 Å². The Morgan fingerprint density at radius 1 is 1.25 bits per heavy atom. The van der Waals surface area contributed by atoms with Gasteiger partial charge in [-0.1, -0.05) is 0 Å². The number of carbonyl (C=O) groups excluding carboxylic acids is 2. The maximum atomic E-state index is 11.7. The lowest BCUT2D eigenvalue weighted by Crippen LogP contribution is -2.40.